The Bertz CT molecular complexity index is 984. The fourth-order valence-electron chi connectivity index (χ4n) is 5.39. The number of carbonyl (C=O) groups excluding carboxylic acids is 1. The van der Waals surface area contributed by atoms with Crippen molar-refractivity contribution < 1.29 is 4.79 Å². The molecule has 2 heterocycles. The van der Waals surface area contributed by atoms with E-state index in [0.717, 1.165) is 61.4 Å². The number of nitrogens with one attached hydrogen (secondary N) is 1. The van der Waals surface area contributed by atoms with Crippen molar-refractivity contribution >= 4 is 11.6 Å². The fourth-order valence-corrected chi connectivity index (χ4v) is 5.39. The minimum Gasteiger partial charge on any atom is -0.324 e. The van der Waals surface area contributed by atoms with Crippen LogP contribution in [0.3, 0.4) is 0 Å². The summed E-state index contributed by atoms with van der Waals surface area (Å²) >= 11 is 0. The van der Waals surface area contributed by atoms with Gasteiger partial charge in [0.2, 0.25) is 5.91 Å². The SMILES string of the molecule is Cc1cc(C)c(NC(=O)CN2CCC(c3nn(C)c(=O)n3C3CCCC3)CC2)c(C)c1. The monoisotopic (exact) mass is 425 g/mol. The van der Waals surface area contributed by atoms with E-state index in [4.69, 9.17) is 0 Å². The first kappa shape index (κ1) is 21.8. The van der Waals surface area contributed by atoms with E-state index in [0.29, 0.717) is 12.6 Å². The molecule has 1 aromatic heterocycles. The molecule has 31 heavy (non-hydrogen) atoms. The van der Waals surface area contributed by atoms with Crippen LogP contribution in [-0.4, -0.2) is 44.8 Å². The smallest absolute Gasteiger partial charge is 0.324 e. The van der Waals surface area contributed by atoms with E-state index in [-0.39, 0.29) is 17.5 Å². The lowest BCUT2D eigenvalue weighted by Crippen LogP contribution is -2.39. The predicted octanol–water partition coefficient (Wildman–Crippen LogP) is 3.44. The number of hydrogen-bond acceptors (Lipinski definition) is 4. The number of hydrogen-bond donors (Lipinski definition) is 1. The molecule has 7 heteroatoms. The summed E-state index contributed by atoms with van der Waals surface area (Å²) in [4.78, 5) is 27.6. The second kappa shape index (κ2) is 8.99. The van der Waals surface area contributed by atoms with Gasteiger partial charge in [-0.05, 0) is 70.7 Å². The highest BCUT2D eigenvalue weighted by Crippen LogP contribution is 2.33. The Labute approximate surface area is 184 Å². The third-order valence-electron chi connectivity index (χ3n) is 6.93. The first-order valence-corrected chi connectivity index (χ1v) is 11.6. The Morgan fingerprint density at radius 2 is 1.68 bits per heavy atom. The first-order valence-electron chi connectivity index (χ1n) is 11.6. The number of rotatable bonds is 5. The molecule has 1 amide bonds. The molecule has 2 fully saturated rings. The summed E-state index contributed by atoms with van der Waals surface area (Å²) in [6, 6.07) is 4.51. The number of carbonyl (C=O) groups is 1. The molecule has 4 rings (SSSR count). The molecular weight excluding hydrogens is 390 g/mol. The van der Waals surface area contributed by atoms with Crippen molar-refractivity contribution in [1.29, 1.82) is 0 Å². The highest BCUT2D eigenvalue weighted by atomic mass is 16.2. The van der Waals surface area contributed by atoms with E-state index in [9.17, 15) is 9.59 Å². The lowest BCUT2D eigenvalue weighted by Gasteiger charge is -2.31. The van der Waals surface area contributed by atoms with E-state index in [1.165, 1.54) is 23.1 Å². The first-order chi connectivity index (χ1) is 14.8. The minimum atomic E-state index is 0.0209. The zero-order valence-electron chi connectivity index (χ0n) is 19.3. The molecule has 2 aliphatic rings. The summed E-state index contributed by atoms with van der Waals surface area (Å²) in [5, 5.41) is 7.73. The van der Waals surface area contributed by atoms with Gasteiger partial charge in [-0.2, -0.15) is 5.10 Å². The van der Waals surface area contributed by atoms with Gasteiger partial charge in [0.1, 0.15) is 5.82 Å². The lowest BCUT2D eigenvalue weighted by molar-refractivity contribution is -0.117. The largest absolute Gasteiger partial charge is 0.345 e. The number of amides is 1. The Morgan fingerprint density at radius 1 is 1.06 bits per heavy atom. The standard InChI is InChI=1S/C24H35N5O2/c1-16-13-17(2)22(18(3)14-16)25-21(30)15-28-11-9-19(10-12-28)23-26-27(4)24(31)29(23)20-7-5-6-8-20/h13-14,19-20H,5-12,15H2,1-4H3,(H,25,30). The summed E-state index contributed by atoms with van der Waals surface area (Å²) in [6.07, 6.45) is 6.40. The van der Waals surface area contributed by atoms with Crippen molar-refractivity contribution in [2.75, 3.05) is 25.0 Å². The van der Waals surface area contributed by atoms with Crippen molar-refractivity contribution in [2.45, 2.75) is 71.3 Å². The van der Waals surface area contributed by atoms with Crippen LogP contribution in [0.25, 0.3) is 0 Å². The number of likely N-dealkylation sites (tertiary alicyclic amines) is 1. The van der Waals surface area contributed by atoms with E-state index < -0.39 is 0 Å². The van der Waals surface area contributed by atoms with Crippen molar-refractivity contribution in [3.8, 4) is 0 Å². The summed E-state index contributed by atoms with van der Waals surface area (Å²) in [7, 11) is 1.76. The van der Waals surface area contributed by atoms with Crippen LogP contribution >= 0.6 is 0 Å². The third-order valence-corrected chi connectivity index (χ3v) is 6.93. The summed E-state index contributed by atoms with van der Waals surface area (Å²) in [6.45, 7) is 8.25. The van der Waals surface area contributed by atoms with Crippen molar-refractivity contribution in [3.63, 3.8) is 0 Å². The predicted molar refractivity (Wildman–Crippen MR) is 123 cm³/mol. The van der Waals surface area contributed by atoms with E-state index >= 15 is 0 Å². The molecule has 1 aliphatic heterocycles. The summed E-state index contributed by atoms with van der Waals surface area (Å²) < 4.78 is 3.47. The normalized spacial score (nSPS) is 18.6. The topological polar surface area (TPSA) is 72.2 Å². The van der Waals surface area contributed by atoms with Gasteiger partial charge in [0.25, 0.3) is 0 Å². The maximum absolute atomic E-state index is 12.7. The number of aryl methyl sites for hydroxylation is 4. The quantitative estimate of drug-likeness (QED) is 0.797. The number of piperidine rings is 1. The van der Waals surface area contributed by atoms with Gasteiger partial charge in [0.15, 0.2) is 0 Å². The molecule has 1 aromatic carbocycles. The highest BCUT2D eigenvalue weighted by Gasteiger charge is 2.30. The molecule has 0 bridgehead atoms. The Kier molecular flexibility index (Phi) is 6.32. The lowest BCUT2D eigenvalue weighted by atomic mass is 9.95. The molecule has 1 saturated carbocycles. The molecule has 1 aliphatic carbocycles. The van der Waals surface area contributed by atoms with Crippen LogP contribution in [0.1, 0.15) is 73.0 Å². The van der Waals surface area contributed by atoms with E-state index in [1.54, 1.807) is 7.05 Å². The molecule has 0 unspecified atom stereocenters. The van der Waals surface area contributed by atoms with Crippen LogP contribution in [0, 0.1) is 20.8 Å². The number of benzene rings is 1. The summed E-state index contributed by atoms with van der Waals surface area (Å²) in [5.41, 5.74) is 4.36. The molecule has 0 atom stereocenters. The van der Waals surface area contributed by atoms with Gasteiger partial charge in [-0.3, -0.25) is 14.3 Å². The van der Waals surface area contributed by atoms with E-state index in [2.05, 4.69) is 34.4 Å². The van der Waals surface area contributed by atoms with Gasteiger partial charge in [-0.15, -0.1) is 0 Å². The number of anilines is 1. The van der Waals surface area contributed by atoms with Crippen LogP contribution in [0.4, 0.5) is 5.69 Å². The van der Waals surface area contributed by atoms with Crippen molar-refractivity contribution in [2.24, 2.45) is 7.05 Å². The maximum atomic E-state index is 12.7. The molecule has 0 spiro atoms. The molecule has 0 radical (unpaired) electrons. The van der Waals surface area contributed by atoms with Crippen LogP contribution in [0.5, 0.6) is 0 Å². The Balaban J connectivity index is 1.37. The molecule has 7 nitrogen and oxygen atoms in total. The maximum Gasteiger partial charge on any atom is 0.345 e. The van der Waals surface area contributed by atoms with Gasteiger partial charge >= 0.3 is 5.69 Å². The van der Waals surface area contributed by atoms with Crippen molar-refractivity contribution in [1.82, 2.24) is 19.2 Å². The molecule has 1 saturated heterocycles. The number of nitrogens with zero attached hydrogens (tertiary/aromatic N) is 4. The highest BCUT2D eigenvalue weighted by molar-refractivity contribution is 5.93. The van der Waals surface area contributed by atoms with Crippen LogP contribution in [0.2, 0.25) is 0 Å². The Morgan fingerprint density at radius 3 is 2.29 bits per heavy atom. The summed E-state index contributed by atoms with van der Waals surface area (Å²) in [5.74, 6) is 1.28. The van der Waals surface area contributed by atoms with Crippen LogP contribution in [-0.2, 0) is 11.8 Å². The van der Waals surface area contributed by atoms with E-state index in [1.807, 2.05) is 18.4 Å². The second-order valence-corrected chi connectivity index (χ2v) is 9.44. The van der Waals surface area contributed by atoms with Gasteiger partial charge in [-0.1, -0.05) is 30.5 Å². The Hall–Kier alpha value is -2.41. The van der Waals surface area contributed by atoms with Crippen molar-refractivity contribution in [3.05, 3.63) is 45.1 Å². The van der Waals surface area contributed by atoms with Crippen LogP contribution < -0.4 is 11.0 Å². The molecule has 168 valence electrons. The average molecular weight is 426 g/mol. The molecule has 2 aromatic rings. The molecular formula is C24H35N5O2. The zero-order valence-corrected chi connectivity index (χ0v) is 19.3. The van der Waals surface area contributed by atoms with Gasteiger partial charge in [0.05, 0.1) is 6.54 Å². The zero-order chi connectivity index (χ0) is 22.1. The minimum absolute atomic E-state index is 0.0209. The number of aromatic nitrogens is 3. The van der Waals surface area contributed by atoms with Crippen LogP contribution in [0.15, 0.2) is 16.9 Å². The fraction of sp³-hybridized carbons (Fsp3) is 0.625. The van der Waals surface area contributed by atoms with Gasteiger partial charge in [0, 0.05) is 24.7 Å². The second-order valence-electron chi connectivity index (χ2n) is 9.44. The van der Waals surface area contributed by atoms with Gasteiger partial charge < -0.3 is 5.32 Å². The van der Waals surface area contributed by atoms with Gasteiger partial charge in [-0.25, -0.2) is 9.48 Å². The average Bonchev–Trinajstić information content (AvgIpc) is 3.34. The third kappa shape index (κ3) is 4.61. The molecule has 1 N–H and O–H groups in total.